The Morgan fingerprint density at radius 2 is 1.78 bits per heavy atom. The zero-order valence-electron chi connectivity index (χ0n) is 14.9. The zero-order chi connectivity index (χ0) is 18.5. The average molecular weight is 389 g/mol. The van der Waals surface area contributed by atoms with E-state index >= 15 is 0 Å². The minimum absolute atomic E-state index is 0. The molecule has 7 heteroatoms. The summed E-state index contributed by atoms with van der Waals surface area (Å²) in [5.74, 6) is -0.224. The first-order chi connectivity index (χ1) is 12.6. The first-order valence-corrected chi connectivity index (χ1v) is 8.68. The van der Waals surface area contributed by atoms with Gasteiger partial charge in [0.2, 0.25) is 0 Å². The molecule has 144 valence electrons. The molecular weight excluding hydrogens is 364 g/mol. The summed E-state index contributed by atoms with van der Waals surface area (Å²) >= 11 is 0. The fraction of sp³-hybridized carbons (Fsp3) is 0.250. The summed E-state index contributed by atoms with van der Waals surface area (Å²) in [6, 6.07) is 17.3. The fourth-order valence-electron chi connectivity index (χ4n) is 3.06. The van der Waals surface area contributed by atoms with Gasteiger partial charge in [-0.2, -0.15) is 0 Å². The number of nitrogens with one attached hydrogen (secondary N) is 2. The second-order valence-electron chi connectivity index (χ2n) is 6.38. The van der Waals surface area contributed by atoms with Gasteiger partial charge in [-0.15, -0.1) is 12.4 Å². The van der Waals surface area contributed by atoms with Gasteiger partial charge in [0.1, 0.15) is 5.69 Å². The van der Waals surface area contributed by atoms with Crippen molar-refractivity contribution in [3.05, 3.63) is 60.3 Å². The number of nitrogens with two attached hydrogens (primary N) is 2. The number of hydrogen-bond acceptors (Lipinski definition) is 4. The number of aromatic amines is 1. The van der Waals surface area contributed by atoms with Gasteiger partial charge >= 0.3 is 0 Å². The molecule has 0 aliphatic rings. The second-order valence-corrected chi connectivity index (χ2v) is 6.38. The number of rotatable bonds is 7. The molecule has 6 nitrogen and oxygen atoms in total. The van der Waals surface area contributed by atoms with E-state index in [4.69, 9.17) is 11.5 Å². The lowest BCUT2D eigenvalue weighted by Gasteiger charge is -2.16. The van der Waals surface area contributed by atoms with Gasteiger partial charge in [-0.1, -0.05) is 48.5 Å². The maximum Gasteiger partial charge on any atom is 0.268 e. The quantitative estimate of drug-likeness (QED) is 0.425. The van der Waals surface area contributed by atoms with Crippen LogP contribution in [0, 0.1) is 0 Å². The maximum absolute atomic E-state index is 12.8. The number of carbonyl (C=O) groups excluding carboxylic acids is 1. The lowest BCUT2D eigenvalue weighted by Crippen LogP contribution is -2.40. The Hall–Kier alpha value is -2.38. The van der Waals surface area contributed by atoms with Crippen molar-refractivity contribution in [1.82, 2.24) is 10.3 Å². The van der Waals surface area contributed by atoms with E-state index in [-0.39, 0.29) is 37.4 Å². The van der Waals surface area contributed by atoms with Crippen molar-refractivity contribution in [2.45, 2.75) is 18.6 Å². The van der Waals surface area contributed by atoms with E-state index in [1.54, 1.807) is 0 Å². The van der Waals surface area contributed by atoms with Crippen molar-refractivity contribution in [2.75, 3.05) is 13.1 Å². The lowest BCUT2D eigenvalue weighted by molar-refractivity contribution is 0.0941. The smallest absolute Gasteiger partial charge is 0.268 e. The Kier molecular flexibility index (Phi) is 7.38. The van der Waals surface area contributed by atoms with Crippen LogP contribution >= 0.6 is 12.4 Å². The van der Waals surface area contributed by atoms with Crippen molar-refractivity contribution in [2.24, 2.45) is 11.5 Å². The molecule has 27 heavy (non-hydrogen) atoms. The number of carbonyl (C=O) groups is 1. The molecule has 0 bridgehead atoms. The van der Waals surface area contributed by atoms with Crippen molar-refractivity contribution < 1.29 is 9.90 Å². The largest absolute Gasteiger partial charge is 0.392 e. The molecule has 2 atom stereocenters. The molecule has 0 saturated heterocycles. The average Bonchev–Trinajstić information content (AvgIpc) is 3.06. The topological polar surface area (TPSA) is 117 Å². The highest BCUT2D eigenvalue weighted by molar-refractivity contribution is 6.09. The fourth-order valence-corrected chi connectivity index (χ4v) is 3.06. The molecule has 1 heterocycles. The Balaban J connectivity index is 0.00000261. The number of aliphatic hydroxyl groups is 1. The monoisotopic (exact) mass is 388 g/mol. The van der Waals surface area contributed by atoms with Crippen LogP contribution in [0.25, 0.3) is 22.0 Å². The number of aliphatic hydroxyl groups excluding tert-OH is 1. The van der Waals surface area contributed by atoms with E-state index in [0.717, 1.165) is 22.0 Å². The third-order valence-corrected chi connectivity index (χ3v) is 4.37. The molecule has 0 spiro atoms. The van der Waals surface area contributed by atoms with Gasteiger partial charge in [-0.3, -0.25) is 4.79 Å². The van der Waals surface area contributed by atoms with Gasteiger partial charge < -0.3 is 26.9 Å². The molecule has 0 fully saturated rings. The van der Waals surface area contributed by atoms with Crippen molar-refractivity contribution >= 4 is 29.2 Å². The summed E-state index contributed by atoms with van der Waals surface area (Å²) < 4.78 is 0. The third kappa shape index (κ3) is 4.87. The Morgan fingerprint density at radius 3 is 2.48 bits per heavy atom. The van der Waals surface area contributed by atoms with Gasteiger partial charge in [0.25, 0.3) is 5.91 Å². The van der Waals surface area contributed by atoms with Gasteiger partial charge in [0, 0.05) is 35.6 Å². The summed E-state index contributed by atoms with van der Waals surface area (Å²) in [6.07, 6.45) is -0.315. The third-order valence-electron chi connectivity index (χ3n) is 4.37. The molecule has 1 amide bonds. The molecule has 3 rings (SSSR count). The van der Waals surface area contributed by atoms with Crippen LogP contribution in [0.15, 0.2) is 54.6 Å². The zero-order valence-corrected chi connectivity index (χ0v) is 15.7. The van der Waals surface area contributed by atoms with Gasteiger partial charge in [0.15, 0.2) is 0 Å². The molecule has 0 aliphatic carbocycles. The summed E-state index contributed by atoms with van der Waals surface area (Å²) in [7, 11) is 0. The minimum Gasteiger partial charge on any atom is -0.392 e. The molecule has 3 aromatic rings. The molecule has 7 N–H and O–H groups in total. The Morgan fingerprint density at radius 1 is 1.11 bits per heavy atom. The highest BCUT2D eigenvalue weighted by atomic mass is 35.5. The number of halogens is 1. The number of fused-ring (bicyclic) bond motifs is 1. The van der Waals surface area contributed by atoms with E-state index in [0.29, 0.717) is 12.1 Å². The number of aromatic nitrogens is 1. The maximum atomic E-state index is 12.8. The predicted molar refractivity (Wildman–Crippen MR) is 111 cm³/mol. The van der Waals surface area contributed by atoms with Crippen LogP contribution in [-0.2, 0) is 0 Å². The van der Waals surface area contributed by atoms with Crippen LogP contribution in [-0.4, -0.2) is 41.2 Å². The number of benzene rings is 2. The highest BCUT2D eigenvalue weighted by Crippen LogP contribution is 2.32. The summed E-state index contributed by atoms with van der Waals surface area (Å²) in [5.41, 5.74) is 14.6. The van der Waals surface area contributed by atoms with Gasteiger partial charge in [-0.25, -0.2) is 0 Å². The van der Waals surface area contributed by atoms with Crippen LogP contribution in [0.1, 0.15) is 16.9 Å². The summed E-state index contributed by atoms with van der Waals surface area (Å²) in [6.45, 7) is 0.418. The first kappa shape index (κ1) is 20.9. The highest BCUT2D eigenvalue weighted by Gasteiger charge is 2.19. The van der Waals surface area contributed by atoms with E-state index in [1.165, 1.54) is 0 Å². The van der Waals surface area contributed by atoms with Crippen LogP contribution < -0.4 is 16.8 Å². The Bertz CT molecular complexity index is 882. The van der Waals surface area contributed by atoms with Gasteiger partial charge in [-0.05, 0) is 18.1 Å². The molecule has 1 aromatic heterocycles. The van der Waals surface area contributed by atoms with E-state index < -0.39 is 6.10 Å². The van der Waals surface area contributed by atoms with Crippen LogP contribution in [0.5, 0.6) is 0 Å². The van der Waals surface area contributed by atoms with Crippen molar-refractivity contribution in [3.63, 3.8) is 0 Å². The SMILES string of the molecule is Cl.NCC(O)C[C@H](N)CNC(=O)c1[nH]c2ccccc2c1-c1ccccc1. The van der Waals surface area contributed by atoms with Crippen LogP contribution in [0.3, 0.4) is 0 Å². The number of H-pyrrole nitrogens is 1. The molecule has 0 aliphatic heterocycles. The van der Waals surface area contributed by atoms with E-state index in [2.05, 4.69) is 10.3 Å². The standard InChI is InChI=1S/C20H24N4O2.ClH/c21-11-15(25)10-14(22)12-23-20(26)19-18(13-6-2-1-3-7-13)16-8-4-5-9-17(16)24-19;/h1-9,14-15,24-25H,10-12,21-22H2,(H,23,26);1H/t14-,15?;/m0./s1. The number of amides is 1. The molecular formula is C20H25ClN4O2. The van der Waals surface area contributed by atoms with Crippen LogP contribution in [0.4, 0.5) is 0 Å². The predicted octanol–water partition coefficient (Wildman–Crippen LogP) is 2.02. The molecule has 2 aromatic carbocycles. The molecule has 1 unspecified atom stereocenters. The number of hydrogen-bond donors (Lipinski definition) is 5. The molecule has 0 radical (unpaired) electrons. The van der Waals surface area contributed by atoms with Crippen molar-refractivity contribution in [1.29, 1.82) is 0 Å². The second kappa shape index (κ2) is 9.53. The lowest BCUT2D eigenvalue weighted by atomic mass is 10.0. The Labute approximate surface area is 164 Å². The summed E-state index contributed by atoms with van der Waals surface area (Å²) in [5, 5.41) is 13.4. The van der Waals surface area contributed by atoms with E-state index in [1.807, 2.05) is 54.6 Å². The minimum atomic E-state index is -0.658. The summed E-state index contributed by atoms with van der Waals surface area (Å²) in [4.78, 5) is 16.0. The van der Waals surface area contributed by atoms with Crippen molar-refractivity contribution in [3.8, 4) is 11.1 Å². The normalized spacial score (nSPS) is 13.0. The van der Waals surface area contributed by atoms with E-state index in [9.17, 15) is 9.90 Å². The van der Waals surface area contributed by atoms with Gasteiger partial charge in [0.05, 0.1) is 6.10 Å². The first-order valence-electron chi connectivity index (χ1n) is 8.68. The van der Waals surface area contributed by atoms with Crippen LogP contribution in [0.2, 0.25) is 0 Å². The number of para-hydroxylation sites is 1. The molecule has 0 saturated carbocycles.